The van der Waals surface area contributed by atoms with Gasteiger partial charge in [0.05, 0.1) is 5.69 Å². The molecule has 0 saturated heterocycles. The van der Waals surface area contributed by atoms with E-state index in [0.717, 1.165) is 11.3 Å². The molecule has 0 aliphatic carbocycles. The van der Waals surface area contributed by atoms with Gasteiger partial charge in [-0.15, -0.1) is 0 Å². The van der Waals surface area contributed by atoms with Crippen molar-refractivity contribution < 1.29 is 4.57 Å². The van der Waals surface area contributed by atoms with Crippen molar-refractivity contribution in [1.29, 1.82) is 0 Å². The molecule has 0 bridgehead atoms. The zero-order valence-corrected chi connectivity index (χ0v) is 15.6. The van der Waals surface area contributed by atoms with Crippen molar-refractivity contribution >= 4 is 10.9 Å². The molecule has 0 amide bonds. The largest absolute Gasteiger partial charge is 0.245 e. The summed E-state index contributed by atoms with van der Waals surface area (Å²) in [6.45, 7) is 6.54. The van der Waals surface area contributed by atoms with Gasteiger partial charge in [0.2, 0.25) is 11.2 Å². The summed E-state index contributed by atoms with van der Waals surface area (Å²) in [6, 6.07) is 17.4. The van der Waals surface area contributed by atoms with Gasteiger partial charge in [0.25, 0.3) is 0 Å². The third kappa shape index (κ3) is 2.76. The first kappa shape index (κ1) is 16.4. The number of rotatable bonds is 2. The molecule has 2 heterocycles. The van der Waals surface area contributed by atoms with Crippen LogP contribution in [0.5, 0.6) is 0 Å². The van der Waals surface area contributed by atoms with Crippen LogP contribution in [-0.4, -0.2) is 9.97 Å². The van der Waals surface area contributed by atoms with Crippen molar-refractivity contribution in [3.8, 4) is 22.5 Å². The molecule has 0 aliphatic heterocycles. The lowest BCUT2D eigenvalue weighted by molar-refractivity contribution is -0.633. The molecular weight excluding hydrogens is 318 g/mol. The number of pyridine rings is 1. The van der Waals surface area contributed by atoms with Crippen molar-refractivity contribution in [3.63, 3.8) is 0 Å². The lowest BCUT2D eigenvalue weighted by Gasteiger charge is -2.11. The number of benzene rings is 2. The highest BCUT2D eigenvalue weighted by Gasteiger charge is 2.17. The molecule has 3 heteroatoms. The third-order valence-corrected chi connectivity index (χ3v) is 5.14. The second kappa shape index (κ2) is 6.34. The number of hydrogen-bond donors (Lipinski definition) is 0. The van der Waals surface area contributed by atoms with Gasteiger partial charge in [-0.1, -0.05) is 17.7 Å². The van der Waals surface area contributed by atoms with Crippen molar-refractivity contribution in [3.05, 3.63) is 77.7 Å². The van der Waals surface area contributed by atoms with Crippen molar-refractivity contribution in [2.24, 2.45) is 7.05 Å². The maximum absolute atomic E-state index is 4.38. The van der Waals surface area contributed by atoms with Crippen LogP contribution in [0.15, 0.2) is 61.1 Å². The highest BCUT2D eigenvalue weighted by Crippen LogP contribution is 2.27. The van der Waals surface area contributed by atoms with Crippen LogP contribution in [-0.2, 0) is 7.05 Å². The summed E-state index contributed by atoms with van der Waals surface area (Å²) >= 11 is 0. The van der Waals surface area contributed by atoms with Gasteiger partial charge in [0, 0.05) is 34.8 Å². The fourth-order valence-corrected chi connectivity index (χ4v) is 3.58. The molecule has 3 nitrogen and oxygen atoms in total. The Labute approximate surface area is 154 Å². The quantitative estimate of drug-likeness (QED) is 0.495. The third-order valence-electron chi connectivity index (χ3n) is 5.14. The normalized spacial score (nSPS) is 11.1. The summed E-state index contributed by atoms with van der Waals surface area (Å²) in [5, 5.41) is 1.22. The van der Waals surface area contributed by atoms with Crippen LogP contribution in [0.4, 0.5) is 0 Å². The minimum atomic E-state index is 0.940. The minimum absolute atomic E-state index is 0.940. The molecule has 4 aromatic rings. The van der Waals surface area contributed by atoms with Crippen LogP contribution in [0.1, 0.15) is 16.7 Å². The molecule has 0 radical (unpaired) electrons. The Morgan fingerprint density at radius 2 is 1.69 bits per heavy atom. The molecular formula is C23H22N3+. The summed E-state index contributed by atoms with van der Waals surface area (Å²) in [7, 11) is 2.14. The molecule has 0 saturated carbocycles. The molecule has 0 N–H and O–H groups in total. The first-order valence-corrected chi connectivity index (χ1v) is 8.82. The summed E-state index contributed by atoms with van der Waals surface area (Å²) < 4.78 is 2.28. The Morgan fingerprint density at radius 3 is 2.46 bits per heavy atom. The van der Waals surface area contributed by atoms with Gasteiger partial charge < -0.3 is 0 Å². The standard InChI is InChI=1S/C23H22N3/c1-15-11-16(2)17(3)20(12-15)22-8-7-18-5-6-19(13-23(18)26(22)4)21-9-10-24-14-25-21/h5-14H,1-4H3/q+1. The van der Waals surface area contributed by atoms with Gasteiger partial charge in [-0.3, -0.25) is 0 Å². The van der Waals surface area contributed by atoms with Gasteiger partial charge in [-0.05, 0) is 56.2 Å². The first-order chi connectivity index (χ1) is 12.5. The average Bonchev–Trinajstić information content (AvgIpc) is 2.66. The van der Waals surface area contributed by atoms with Gasteiger partial charge in [0.15, 0.2) is 0 Å². The molecule has 128 valence electrons. The fourth-order valence-electron chi connectivity index (χ4n) is 3.58. The van der Waals surface area contributed by atoms with E-state index in [-0.39, 0.29) is 0 Å². The molecule has 26 heavy (non-hydrogen) atoms. The van der Waals surface area contributed by atoms with Gasteiger partial charge in [-0.25, -0.2) is 9.97 Å². The zero-order chi connectivity index (χ0) is 18.3. The lowest BCUT2D eigenvalue weighted by Crippen LogP contribution is -2.32. The summed E-state index contributed by atoms with van der Waals surface area (Å²) in [5.41, 5.74) is 9.70. The Hall–Kier alpha value is -3.07. The smallest absolute Gasteiger partial charge is 0.213 e. The van der Waals surface area contributed by atoms with Crippen LogP contribution in [0.2, 0.25) is 0 Å². The second-order valence-corrected chi connectivity index (χ2v) is 6.90. The van der Waals surface area contributed by atoms with Crippen LogP contribution in [0, 0.1) is 20.8 Å². The summed E-state index contributed by atoms with van der Waals surface area (Å²) in [6.07, 6.45) is 3.37. The number of nitrogens with zero attached hydrogens (tertiary/aromatic N) is 3. The topological polar surface area (TPSA) is 29.7 Å². The summed E-state index contributed by atoms with van der Waals surface area (Å²) in [5.74, 6) is 0. The van der Waals surface area contributed by atoms with Gasteiger partial charge in [0.1, 0.15) is 13.4 Å². The maximum atomic E-state index is 4.38. The number of aryl methyl sites for hydroxylation is 3. The molecule has 0 spiro atoms. The molecule has 2 aromatic carbocycles. The maximum Gasteiger partial charge on any atom is 0.213 e. The summed E-state index contributed by atoms with van der Waals surface area (Å²) in [4.78, 5) is 8.40. The number of aromatic nitrogens is 3. The predicted molar refractivity (Wildman–Crippen MR) is 106 cm³/mol. The monoisotopic (exact) mass is 340 g/mol. The van der Waals surface area contributed by atoms with Crippen LogP contribution in [0.3, 0.4) is 0 Å². The number of fused-ring (bicyclic) bond motifs is 1. The zero-order valence-electron chi connectivity index (χ0n) is 15.6. The van der Waals surface area contributed by atoms with E-state index in [9.17, 15) is 0 Å². The van der Waals surface area contributed by atoms with Crippen molar-refractivity contribution in [1.82, 2.24) is 9.97 Å². The van der Waals surface area contributed by atoms with E-state index in [1.807, 2.05) is 6.07 Å². The van der Waals surface area contributed by atoms with Crippen LogP contribution in [0.25, 0.3) is 33.4 Å². The molecule has 2 aromatic heterocycles. The van der Waals surface area contributed by atoms with E-state index >= 15 is 0 Å². The van der Waals surface area contributed by atoms with E-state index in [0.29, 0.717) is 0 Å². The van der Waals surface area contributed by atoms with Crippen LogP contribution >= 0.6 is 0 Å². The first-order valence-electron chi connectivity index (χ1n) is 8.82. The molecule has 0 aliphatic rings. The van der Waals surface area contributed by atoms with E-state index in [1.54, 1.807) is 12.5 Å². The molecule has 4 rings (SSSR count). The highest BCUT2D eigenvalue weighted by atomic mass is 14.9. The Bertz CT molecular complexity index is 1120. The predicted octanol–water partition coefficient (Wildman–Crippen LogP) is 4.71. The van der Waals surface area contributed by atoms with E-state index in [1.165, 1.54) is 38.9 Å². The minimum Gasteiger partial charge on any atom is -0.245 e. The number of hydrogen-bond acceptors (Lipinski definition) is 2. The van der Waals surface area contributed by atoms with Gasteiger partial charge >= 0.3 is 0 Å². The van der Waals surface area contributed by atoms with E-state index in [2.05, 4.69) is 84.8 Å². The van der Waals surface area contributed by atoms with Crippen molar-refractivity contribution in [2.75, 3.05) is 0 Å². The van der Waals surface area contributed by atoms with Crippen LogP contribution < -0.4 is 4.57 Å². The Balaban J connectivity index is 1.95. The molecule has 0 atom stereocenters. The molecule has 0 fully saturated rings. The average molecular weight is 340 g/mol. The van der Waals surface area contributed by atoms with E-state index in [4.69, 9.17) is 0 Å². The Morgan fingerprint density at radius 1 is 0.885 bits per heavy atom. The molecule has 0 unspecified atom stereocenters. The van der Waals surface area contributed by atoms with Crippen molar-refractivity contribution in [2.45, 2.75) is 20.8 Å². The van der Waals surface area contributed by atoms with Gasteiger partial charge in [-0.2, -0.15) is 4.57 Å². The highest BCUT2D eigenvalue weighted by molar-refractivity contribution is 5.82. The fraction of sp³-hybridized carbons (Fsp3) is 0.174. The van der Waals surface area contributed by atoms with E-state index < -0.39 is 0 Å². The lowest BCUT2D eigenvalue weighted by atomic mass is 9.96. The SMILES string of the molecule is Cc1cc(C)c(C)c(-c2ccc3ccc(-c4ccncn4)cc3[n+]2C)c1. The second-order valence-electron chi connectivity index (χ2n) is 6.90. The Kier molecular flexibility index (Phi) is 4.00.